The molecule has 1 saturated heterocycles. The predicted octanol–water partition coefficient (Wildman–Crippen LogP) is 3.68. The molecule has 5 nitrogen and oxygen atoms in total. The highest BCUT2D eigenvalue weighted by atomic mass is 35.5. The van der Waals surface area contributed by atoms with E-state index in [1.807, 2.05) is 6.26 Å². The molecular weight excluding hydrogens is 339 g/mol. The Balaban J connectivity index is 2.04. The first kappa shape index (κ1) is 15.2. The zero-order chi connectivity index (χ0) is 16.0. The first-order chi connectivity index (χ1) is 11.2. The van der Waals surface area contributed by atoms with Crippen molar-refractivity contribution in [3.05, 3.63) is 11.0 Å². The lowest BCUT2D eigenvalue weighted by Gasteiger charge is -2.38. The second kappa shape index (κ2) is 5.94. The summed E-state index contributed by atoms with van der Waals surface area (Å²) < 4.78 is 20.3. The highest BCUT2D eigenvalue weighted by molar-refractivity contribution is 7.98. The molecule has 23 heavy (non-hydrogen) atoms. The number of hydrogen-bond donors (Lipinski definition) is 0. The SMILES string of the molecule is CSc1nc2c3c(nc(Cl)c(F)c3n1)OCCC1CCCCN21. The molecule has 0 amide bonds. The smallest absolute Gasteiger partial charge is 0.228 e. The van der Waals surface area contributed by atoms with E-state index in [0.29, 0.717) is 29.1 Å². The van der Waals surface area contributed by atoms with E-state index in [1.54, 1.807) is 0 Å². The normalized spacial score (nSPS) is 20.7. The summed E-state index contributed by atoms with van der Waals surface area (Å²) in [6, 6.07) is 0.364. The van der Waals surface area contributed by atoms with Gasteiger partial charge in [-0.25, -0.2) is 14.4 Å². The summed E-state index contributed by atoms with van der Waals surface area (Å²) in [7, 11) is 0. The van der Waals surface area contributed by atoms with E-state index in [4.69, 9.17) is 16.3 Å². The molecule has 1 fully saturated rings. The van der Waals surface area contributed by atoms with Gasteiger partial charge in [0, 0.05) is 19.0 Å². The third-order valence-corrected chi connectivity index (χ3v) is 5.24. The van der Waals surface area contributed by atoms with Crippen molar-refractivity contribution in [2.24, 2.45) is 0 Å². The molecule has 8 heteroatoms. The summed E-state index contributed by atoms with van der Waals surface area (Å²) in [5.41, 5.74) is 0.195. The number of rotatable bonds is 1. The number of fused-ring (bicyclic) bond motifs is 2. The highest BCUT2D eigenvalue weighted by Gasteiger charge is 2.31. The maximum absolute atomic E-state index is 14.5. The molecule has 2 aliphatic heterocycles. The van der Waals surface area contributed by atoms with Crippen LogP contribution in [-0.4, -0.2) is 40.4 Å². The van der Waals surface area contributed by atoms with Crippen LogP contribution < -0.4 is 9.64 Å². The minimum absolute atomic E-state index is 0.195. The second-order valence-corrected chi connectivity index (χ2v) is 6.89. The van der Waals surface area contributed by atoms with Crippen LogP contribution in [0.1, 0.15) is 25.7 Å². The summed E-state index contributed by atoms with van der Waals surface area (Å²) in [4.78, 5) is 15.3. The van der Waals surface area contributed by atoms with Gasteiger partial charge in [0.25, 0.3) is 0 Å². The summed E-state index contributed by atoms with van der Waals surface area (Å²) >= 11 is 7.32. The Morgan fingerprint density at radius 2 is 2.13 bits per heavy atom. The van der Waals surface area contributed by atoms with Crippen LogP contribution in [0.25, 0.3) is 10.9 Å². The van der Waals surface area contributed by atoms with E-state index in [9.17, 15) is 4.39 Å². The minimum atomic E-state index is -0.609. The Morgan fingerprint density at radius 1 is 1.26 bits per heavy atom. The van der Waals surface area contributed by atoms with Gasteiger partial charge in [0.1, 0.15) is 16.7 Å². The van der Waals surface area contributed by atoms with Gasteiger partial charge in [-0.3, -0.25) is 0 Å². The second-order valence-electron chi connectivity index (χ2n) is 5.76. The number of pyridine rings is 1. The lowest BCUT2D eigenvalue weighted by Crippen LogP contribution is -2.42. The average Bonchev–Trinajstić information content (AvgIpc) is 2.57. The predicted molar refractivity (Wildman–Crippen MR) is 89.2 cm³/mol. The van der Waals surface area contributed by atoms with Crippen LogP contribution in [0.5, 0.6) is 5.88 Å². The van der Waals surface area contributed by atoms with Crippen molar-refractivity contribution in [1.82, 2.24) is 15.0 Å². The lowest BCUT2D eigenvalue weighted by atomic mass is 9.98. The van der Waals surface area contributed by atoms with Gasteiger partial charge >= 0.3 is 0 Å². The first-order valence-electron chi connectivity index (χ1n) is 7.69. The lowest BCUT2D eigenvalue weighted by molar-refractivity contribution is 0.271. The third kappa shape index (κ3) is 2.50. The monoisotopic (exact) mass is 354 g/mol. The highest BCUT2D eigenvalue weighted by Crippen LogP contribution is 2.40. The van der Waals surface area contributed by atoms with Crippen LogP contribution >= 0.6 is 23.4 Å². The van der Waals surface area contributed by atoms with Gasteiger partial charge in [0.05, 0.1) is 6.61 Å². The maximum Gasteiger partial charge on any atom is 0.228 e. The molecule has 2 aliphatic rings. The molecule has 1 unspecified atom stereocenters. The molecule has 122 valence electrons. The van der Waals surface area contributed by atoms with Crippen LogP contribution in [0, 0.1) is 5.82 Å². The van der Waals surface area contributed by atoms with E-state index in [0.717, 1.165) is 31.6 Å². The first-order valence-corrected chi connectivity index (χ1v) is 9.29. The summed E-state index contributed by atoms with van der Waals surface area (Å²) in [5, 5.41) is 0.862. The number of halogens is 2. The molecule has 4 heterocycles. The van der Waals surface area contributed by atoms with E-state index in [2.05, 4.69) is 19.9 Å². The van der Waals surface area contributed by atoms with Crippen LogP contribution in [0.4, 0.5) is 10.2 Å². The number of ether oxygens (including phenoxy) is 1. The van der Waals surface area contributed by atoms with Crippen molar-refractivity contribution in [3.63, 3.8) is 0 Å². The zero-order valence-corrected chi connectivity index (χ0v) is 14.3. The van der Waals surface area contributed by atoms with Crippen LogP contribution in [-0.2, 0) is 0 Å². The van der Waals surface area contributed by atoms with Crippen molar-refractivity contribution >= 4 is 40.1 Å². The Labute approximate surface area is 142 Å². The average molecular weight is 355 g/mol. The van der Waals surface area contributed by atoms with Crippen LogP contribution in [0.2, 0.25) is 5.15 Å². The van der Waals surface area contributed by atoms with E-state index in [1.165, 1.54) is 18.2 Å². The molecule has 0 aromatic carbocycles. The number of thioether (sulfide) groups is 1. The Kier molecular flexibility index (Phi) is 3.93. The standard InChI is InChI=1S/C15H16ClFN4OS/c1-23-15-18-11-9-13(20-15)21-6-3-2-4-8(21)5-7-22-14(9)19-12(16)10(11)17/h8H,2-7H2,1H3. The Hall–Kier alpha value is -1.34. The number of aromatic nitrogens is 3. The quantitative estimate of drug-likeness (QED) is 0.442. The van der Waals surface area contributed by atoms with Gasteiger partial charge in [0.15, 0.2) is 16.1 Å². The molecule has 0 N–H and O–H groups in total. The molecule has 0 saturated carbocycles. The topological polar surface area (TPSA) is 51.1 Å². The largest absolute Gasteiger partial charge is 0.477 e. The van der Waals surface area contributed by atoms with Gasteiger partial charge in [-0.05, 0) is 25.5 Å². The number of anilines is 1. The van der Waals surface area contributed by atoms with Crippen LogP contribution in [0.15, 0.2) is 5.16 Å². The number of piperidine rings is 1. The molecule has 0 spiro atoms. The van der Waals surface area contributed by atoms with E-state index in [-0.39, 0.29) is 10.7 Å². The molecular formula is C15H16ClFN4OS. The molecule has 0 aliphatic carbocycles. The Bertz CT molecular complexity index is 775. The summed E-state index contributed by atoms with van der Waals surface area (Å²) in [6.07, 6.45) is 6.18. The van der Waals surface area contributed by atoms with E-state index >= 15 is 0 Å². The molecule has 4 rings (SSSR count). The molecule has 2 aromatic heterocycles. The van der Waals surface area contributed by atoms with Gasteiger partial charge < -0.3 is 9.64 Å². The molecule has 1 atom stereocenters. The minimum Gasteiger partial charge on any atom is -0.477 e. The fourth-order valence-electron chi connectivity index (χ4n) is 3.35. The summed E-state index contributed by atoms with van der Waals surface area (Å²) in [5.74, 6) is 0.446. The molecule has 0 bridgehead atoms. The van der Waals surface area contributed by atoms with Crippen molar-refractivity contribution in [2.45, 2.75) is 36.9 Å². The fraction of sp³-hybridized carbons (Fsp3) is 0.533. The van der Waals surface area contributed by atoms with Gasteiger partial charge in [0.2, 0.25) is 5.88 Å². The van der Waals surface area contributed by atoms with Gasteiger partial charge in [-0.2, -0.15) is 4.98 Å². The van der Waals surface area contributed by atoms with Crippen molar-refractivity contribution < 1.29 is 9.13 Å². The molecule has 0 radical (unpaired) electrons. The van der Waals surface area contributed by atoms with E-state index < -0.39 is 5.82 Å². The van der Waals surface area contributed by atoms with Crippen LogP contribution in [0.3, 0.4) is 0 Å². The van der Waals surface area contributed by atoms with Crippen molar-refractivity contribution in [1.29, 1.82) is 0 Å². The summed E-state index contributed by atoms with van der Waals surface area (Å²) in [6.45, 7) is 1.45. The van der Waals surface area contributed by atoms with Gasteiger partial charge in [-0.15, -0.1) is 0 Å². The van der Waals surface area contributed by atoms with Crippen molar-refractivity contribution in [3.8, 4) is 5.88 Å². The van der Waals surface area contributed by atoms with Gasteiger partial charge in [-0.1, -0.05) is 23.4 Å². The number of hydrogen-bond acceptors (Lipinski definition) is 6. The van der Waals surface area contributed by atoms with Crippen molar-refractivity contribution in [2.75, 3.05) is 24.3 Å². The molecule has 2 aromatic rings. The third-order valence-electron chi connectivity index (χ3n) is 4.44. The zero-order valence-electron chi connectivity index (χ0n) is 12.7. The fourth-order valence-corrected chi connectivity index (χ4v) is 3.88. The maximum atomic E-state index is 14.5. The number of nitrogens with zero attached hydrogens (tertiary/aromatic N) is 4. The Morgan fingerprint density at radius 3 is 2.96 bits per heavy atom.